The zero-order valence-electron chi connectivity index (χ0n) is 7.44. The van der Waals surface area contributed by atoms with E-state index in [1.165, 1.54) is 19.1 Å². The molecule has 1 saturated heterocycles. The van der Waals surface area contributed by atoms with Gasteiger partial charge in [-0.2, -0.15) is 0 Å². The van der Waals surface area contributed by atoms with E-state index >= 15 is 0 Å². The van der Waals surface area contributed by atoms with Gasteiger partial charge in [0.1, 0.15) is 0 Å². The molecule has 1 unspecified atom stereocenters. The lowest BCUT2D eigenvalue weighted by Gasteiger charge is -2.00. The normalized spacial score (nSPS) is 24.8. The molecule has 0 aromatic carbocycles. The maximum absolute atomic E-state index is 10.0. The summed E-state index contributed by atoms with van der Waals surface area (Å²) in [6.07, 6.45) is 5.53. The number of aliphatic carboxylic acids is 1. The molecule has 0 saturated carbocycles. The van der Waals surface area contributed by atoms with Crippen molar-refractivity contribution in [3.8, 4) is 0 Å². The van der Waals surface area contributed by atoms with Gasteiger partial charge < -0.3 is 14.6 Å². The molecule has 0 aliphatic carbocycles. The summed E-state index contributed by atoms with van der Waals surface area (Å²) in [5, 5.41) is 8.25. The molecular weight excluding hydrogens is 172 g/mol. The molecule has 0 radical (unpaired) electrons. The summed E-state index contributed by atoms with van der Waals surface area (Å²) in [5.41, 5.74) is 0. The molecule has 74 valence electrons. The van der Waals surface area contributed by atoms with Crippen LogP contribution in [0.15, 0.2) is 12.3 Å². The van der Waals surface area contributed by atoms with Crippen LogP contribution in [0, 0.1) is 0 Å². The highest BCUT2D eigenvalue weighted by molar-refractivity contribution is 5.72. The van der Waals surface area contributed by atoms with Crippen LogP contribution >= 0.6 is 0 Å². The third kappa shape index (κ3) is 3.94. The highest BCUT2D eigenvalue weighted by atomic mass is 16.5. The Morgan fingerprint density at radius 1 is 1.38 bits per heavy atom. The number of hydrogen-bond acceptors (Lipinski definition) is 3. The van der Waals surface area contributed by atoms with Gasteiger partial charge in [-0.1, -0.05) is 0 Å². The first-order valence-electron chi connectivity index (χ1n) is 4.41. The van der Waals surface area contributed by atoms with E-state index in [0.717, 1.165) is 13.2 Å². The lowest BCUT2D eigenvalue weighted by Crippen LogP contribution is -2.17. The van der Waals surface area contributed by atoms with Crippen molar-refractivity contribution in [1.82, 2.24) is 0 Å². The van der Waals surface area contributed by atoms with E-state index in [1.807, 2.05) is 0 Å². The average Bonchev–Trinajstić information content (AvgIpc) is 2.82. The minimum atomic E-state index is -0.894. The molecule has 0 amide bonds. The molecular formula is C9H14O4. The van der Waals surface area contributed by atoms with Gasteiger partial charge in [0.15, 0.2) is 6.10 Å². The second-order valence-electron chi connectivity index (χ2n) is 2.89. The Balaban J connectivity index is 0.000000145. The third-order valence-corrected chi connectivity index (χ3v) is 1.79. The van der Waals surface area contributed by atoms with Gasteiger partial charge in [-0.15, -0.1) is 0 Å². The molecule has 2 aliphatic rings. The van der Waals surface area contributed by atoms with Crippen molar-refractivity contribution in [3.63, 3.8) is 0 Å². The Morgan fingerprint density at radius 2 is 2.08 bits per heavy atom. The molecule has 2 aliphatic heterocycles. The minimum Gasteiger partial charge on any atom is -0.486 e. The first kappa shape index (κ1) is 10.1. The SMILES string of the molecule is C1CCOC1.O=C(O)C1CC=CO1. The minimum absolute atomic E-state index is 0.495. The topological polar surface area (TPSA) is 55.8 Å². The van der Waals surface area contributed by atoms with Gasteiger partial charge in [-0.05, 0) is 18.9 Å². The van der Waals surface area contributed by atoms with Crippen LogP contribution in [0.2, 0.25) is 0 Å². The van der Waals surface area contributed by atoms with Gasteiger partial charge >= 0.3 is 5.97 Å². The zero-order valence-corrected chi connectivity index (χ0v) is 7.44. The quantitative estimate of drug-likeness (QED) is 0.667. The zero-order chi connectivity index (χ0) is 9.52. The monoisotopic (exact) mass is 186 g/mol. The summed E-state index contributed by atoms with van der Waals surface area (Å²) in [4.78, 5) is 10.0. The predicted molar refractivity (Wildman–Crippen MR) is 46.3 cm³/mol. The molecule has 13 heavy (non-hydrogen) atoms. The van der Waals surface area contributed by atoms with Crippen LogP contribution in [0.4, 0.5) is 0 Å². The Hall–Kier alpha value is -1.03. The fraction of sp³-hybridized carbons (Fsp3) is 0.667. The van der Waals surface area contributed by atoms with E-state index in [4.69, 9.17) is 9.84 Å². The largest absolute Gasteiger partial charge is 0.486 e. The van der Waals surface area contributed by atoms with Crippen molar-refractivity contribution in [2.75, 3.05) is 13.2 Å². The number of carboxylic acid groups (broad SMARTS) is 1. The van der Waals surface area contributed by atoms with Gasteiger partial charge in [-0.25, -0.2) is 4.79 Å². The van der Waals surface area contributed by atoms with Crippen LogP contribution < -0.4 is 0 Å². The predicted octanol–water partition coefficient (Wildman–Crippen LogP) is 1.17. The van der Waals surface area contributed by atoms with E-state index in [-0.39, 0.29) is 0 Å². The van der Waals surface area contributed by atoms with Crippen LogP contribution in [0.5, 0.6) is 0 Å². The molecule has 0 spiro atoms. The van der Waals surface area contributed by atoms with Crippen molar-refractivity contribution in [2.45, 2.75) is 25.4 Å². The molecule has 1 N–H and O–H groups in total. The maximum atomic E-state index is 10.0. The van der Waals surface area contributed by atoms with Crippen molar-refractivity contribution >= 4 is 5.97 Å². The van der Waals surface area contributed by atoms with Crippen molar-refractivity contribution < 1.29 is 19.4 Å². The van der Waals surface area contributed by atoms with E-state index < -0.39 is 12.1 Å². The molecule has 0 aromatic rings. The number of carbonyl (C=O) groups is 1. The number of ether oxygens (including phenoxy) is 2. The molecule has 2 rings (SSSR count). The first-order chi connectivity index (χ1) is 6.30. The Bertz CT molecular complexity index is 168. The second-order valence-corrected chi connectivity index (χ2v) is 2.89. The van der Waals surface area contributed by atoms with E-state index in [2.05, 4.69) is 4.74 Å². The van der Waals surface area contributed by atoms with Gasteiger partial charge in [-0.3, -0.25) is 0 Å². The highest BCUT2D eigenvalue weighted by Gasteiger charge is 2.18. The van der Waals surface area contributed by atoms with E-state index in [1.54, 1.807) is 6.08 Å². The van der Waals surface area contributed by atoms with Crippen LogP contribution in [-0.4, -0.2) is 30.4 Å². The third-order valence-electron chi connectivity index (χ3n) is 1.79. The summed E-state index contributed by atoms with van der Waals surface area (Å²) >= 11 is 0. The molecule has 0 bridgehead atoms. The highest BCUT2D eigenvalue weighted by Crippen LogP contribution is 2.07. The van der Waals surface area contributed by atoms with Crippen molar-refractivity contribution in [3.05, 3.63) is 12.3 Å². The van der Waals surface area contributed by atoms with Crippen molar-refractivity contribution in [2.24, 2.45) is 0 Å². The molecule has 0 aromatic heterocycles. The summed E-state index contributed by atoms with van der Waals surface area (Å²) in [5.74, 6) is -0.894. The molecule has 4 nitrogen and oxygen atoms in total. The van der Waals surface area contributed by atoms with E-state index in [9.17, 15) is 4.79 Å². The molecule has 4 heteroatoms. The van der Waals surface area contributed by atoms with Gasteiger partial charge in [0.25, 0.3) is 0 Å². The Kier molecular flexibility index (Phi) is 4.32. The number of rotatable bonds is 1. The lowest BCUT2D eigenvalue weighted by molar-refractivity contribution is -0.145. The average molecular weight is 186 g/mol. The summed E-state index contributed by atoms with van der Waals surface area (Å²) in [6.45, 7) is 2.00. The molecule has 2 heterocycles. The van der Waals surface area contributed by atoms with Crippen LogP contribution in [0.1, 0.15) is 19.3 Å². The summed E-state index contributed by atoms with van der Waals surface area (Å²) in [7, 11) is 0. The van der Waals surface area contributed by atoms with Crippen LogP contribution in [0.25, 0.3) is 0 Å². The number of hydrogen-bond donors (Lipinski definition) is 1. The smallest absolute Gasteiger partial charge is 0.345 e. The lowest BCUT2D eigenvalue weighted by atomic mass is 10.3. The van der Waals surface area contributed by atoms with Crippen LogP contribution in [0.3, 0.4) is 0 Å². The molecule has 1 atom stereocenters. The maximum Gasteiger partial charge on any atom is 0.345 e. The standard InChI is InChI=1S/C5H6O3.C4H8O/c6-5(7)4-2-1-3-8-4;1-2-4-5-3-1/h1,3-4H,2H2,(H,6,7);1-4H2. The first-order valence-corrected chi connectivity index (χ1v) is 4.41. The number of carboxylic acids is 1. The molecule has 1 fully saturated rings. The second kappa shape index (κ2) is 5.59. The van der Waals surface area contributed by atoms with E-state index in [0.29, 0.717) is 6.42 Å². The Labute approximate surface area is 77.1 Å². The van der Waals surface area contributed by atoms with Crippen LogP contribution in [-0.2, 0) is 14.3 Å². The van der Waals surface area contributed by atoms with Gasteiger partial charge in [0.2, 0.25) is 0 Å². The van der Waals surface area contributed by atoms with Crippen molar-refractivity contribution in [1.29, 1.82) is 0 Å². The summed E-state index contributed by atoms with van der Waals surface area (Å²) in [6, 6.07) is 0. The van der Waals surface area contributed by atoms with Gasteiger partial charge in [0.05, 0.1) is 6.26 Å². The fourth-order valence-corrected chi connectivity index (χ4v) is 1.05. The Morgan fingerprint density at radius 3 is 2.31 bits per heavy atom. The van der Waals surface area contributed by atoms with Gasteiger partial charge in [0, 0.05) is 19.6 Å². The fourth-order valence-electron chi connectivity index (χ4n) is 1.05. The summed E-state index contributed by atoms with van der Waals surface area (Å²) < 4.78 is 9.58.